The van der Waals surface area contributed by atoms with Gasteiger partial charge in [-0.05, 0) is 25.1 Å². The lowest BCUT2D eigenvalue weighted by molar-refractivity contribution is 0.884. The molecule has 1 aromatic carbocycles. The first-order valence-corrected chi connectivity index (χ1v) is 6.45. The Balaban J connectivity index is 1.86. The number of nitrogen functional groups attached to an aromatic ring is 1. The lowest BCUT2D eigenvalue weighted by Crippen LogP contribution is -2.04. The molecule has 0 aliphatic heterocycles. The highest BCUT2D eigenvalue weighted by molar-refractivity contribution is 7.22. The van der Waals surface area contributed by atoms with E-state index in [1.165, 1.54) is 0 Å². The Morgan fingerprint density at radius 3 is 3.11 bits per heavy atom. The number of aromatic amines is 1. The molecule has 0 amide bonds. The number of nitrogens with two attached hydrogens (primary N) is 1. The van der Waals surface area contributed by atoms with Crippen molar-refractivity contribution in [1.82, 2.24) is 15.2 Å². The maximum absolute atomic E-state index is 5.76. The molecule has 0 saturated heterocycles. The van der Waals surface area contributed by atoms with Crippen molar-refractivity contribution in [1.29, 1.82) is 0 Å². The molecule has 5 nitrogen and oxygen atoms in total. The monoisotopic (exact) mass is 259 g/mol. The molecule has 0 spiro atoms. The average Bonchev–Trinajstić information content (AvgIpc) is 2.95. The number of nitrogens with one attached hydrogen (secondary N) is 2. The van der Waals surface area contributed by atoms with Crippen molar-refractivity contribution in [2.24, 2.45) is 0 Å². The van der Waals surface area contributed by atoms with Gasteiger partial charge in [0.05, 0.1) is 22.5 Å². The van der Waals surface area contributed by atoms with Crippen LogP contribution in [-0.2, 0) is 0 Å². The first-order valence-electron chi connectivity index (χ1n) is 5.63. The fourth-order valence-electron chi connectivity index (χ4n) is 1.77. The Morgan fingerprint density at radius 2 is 2.33 bits per heavy atom. The molecule has 3 rings (SSSR count). The van der Waals surface area contributed by atoms with Gasteiger partial charge in [-0.15, -0.1) is 0 Å². The van der Waals surface area contributed by atoms with E-state index in [-0.39, 0.29) is 6.04 Å². The second-order valence-corrected chi connectivity index (χ2v) is 5.17. The summed E-state index contributed by atoms with van der Waals surface area (Å²) >= 11 is 1.60. The number of nitrogens with zero attached hydrogens (tertiary/aromatic N) is 2. The number of aromatic nitrogens is 3. The molecule has 2 heterocycles. The van der Waals surface area contributed by atoms with Crippen molar-refractivity contribution in [3.63, 3.8) is 0 Å². The summed E-state index contributed by atoms with van der Waals surface area (Å²) in [5, 5.41) is 11.0. The molecule has 1 unspecified atom stereocenters. The van der Waals surface area contributed by atoms with Crippen LogP contribution in [0.2, 0.25) is 0 Å². The first-order chi connectivity index (χ1) is 8.72. The zero-order valence-corrected chi connectivity index (χ0v) is 10.7. The molecule has 0 saturated carbocycles. The van der Waals surface area contributed by atoms with E-state index in [1.54, 1.807) is 11.3 Å². The molecule has 92 valence electrons. The number of thiazole rings is 1. The van der Waals surface area contributed by atoms with Crippen molar-refractivity contribution in [3.05, 3.63) is 36.2 Å². The largest absolute Gasteiger partial charge is 0.399 e. The van der Waals surface area contributed by atoms with E-state index >= 15 is 0 Å². The van der Waals surface area contributed by atoms with E-state index in [4.69, 9.17) is 5.73 Å². The van der Waals surface area contributed by atoms with Crippen molar-refractivity contribution >= 4 is 32.4 Å². The van der Waals surface area contributed by atoms with Crippen LogP contribution in [0.1, 0.15) is 18.5 Å². The number of anilines is 2. The predicted octanol–water partition coefficient (Wildman–Crippen LogP) is 2.77. The van der Waals surface area contributed by atoms with Crippen molar-refractivity contribution in [2.75, 3.05) is 11.1 Å². The van der Waals surface area contributed by atoms with Crippen LogP contribution in [0.3, 0.4) is 0 Å². The van der Waals surface area contributed by atoms with Crippen LogP contribution in [0.15, 0.2) is 30.6 Å². The lowest BCUT2D eigenvalue weighted by atomic mass is 10.2. The van der Waals surface area contributed by atoms with Gasteiger partial charge in [-0.1, -0.05) is 11.3 Å². The summed E-state index contributed by atoms with van der Waals surface area (Å²) in [6.45, 7) is 2.07. The summed E-state index contributed by atoms with van der Waals surface area (Å²) in [6.07, 6.45) is 3.69. The second-order valence-electron chi connectivity index (χ2n) is 4.14. The molecule has 6 heteroatoms. The number of benzene rings is 1. The van der Waals surface area contributed by atoms with Crippen LogP contribution in [0, 0.1) is 0 Å². The van der Waals surface area contributed by atoms with Gasteiger partial charge < -0.3 is 11.1 Å². The smallest absolute Gasteiger partial charge is 0.184 e. The average molecular weight is 259 g/mol. The van der Waals surface area contributed by atoms with Crippen molar-refractivity contribution in [3.8, 4) is 0 Å². The van der Waals surface area contributed by atoms with Crippen molar-refractivity contribution < 1.29 is 0 Å². The van der Waals surface area contributed by atoms with Crippen LogP contribution >= 0.6 is 11.3 Å². The highest BCUT2D eigenvalue weighted by Gasteiger charge is 2.09. The quantitative estimate of drug-likeness (QED) is 0.632. The minimum atomic E-state index is 0.168. The Hall–Kier alpha value is -2.08. The molecule has 0 fully saturated rings. The third kappa shape index (κ3) is 2.02. The van der Waals surface area contributed by atoms with Gasteiger partial charge in [0.15, 0.2) is 5.13 Å². The van der Waals surface area contributed by atoms with Gasteiger partial charge in [0.1, 0.15) is 0 Å². The standard InChI is InChI=1S/C12H13N5S/c1-7(8-5-14-15-6-8)16-12-17-10-3-2-9(13)4-11(10)18-12/h2-7H,13H2,1H3,(H,14,15)(H,16,17). The van der Waals surface area contributed by atoms with Crippen LogP contribution < -0.4 is 11.1 Å². The Kier molecular flexibility index (Phi) is 2.64. The summed E-state index contributed by atoms with van der Waals surface area (Å²) in [7, 11) is 0. The van der Waals surface area contributed by atoms with Gasteiger partial charge in [-0.2, -0.15) is 5.10 Å². The number of hydrogen-bond acceptors (Lipinski definition) is 5. The summed E-state index contributed by atoms with van der Waals surface area (Å²) in [5.41, 5.74) is 8.60. The normalized spacial score (nSPS) is 12.7. The zero-order chi connectivity index (χ0) is 12.5. The summed E-state index contributed by atoms with van der Waals surface area (Å²) in [6, 6.07) is 5.92. The molecule has 0 aliphatic carbocycles. The van der Waals surface area contributed by atoms with Crippen molar-refractivity contribution in [2.45, 2.75) is 13.0 Å². The maximum Gasteiger partial charge on any atom is 0.184 e. The molecule has 3 aromatic rings. The predicted molar refractivity (Wildman–Crippen MR) is 74.7 cm³/mol. The Morgan fingerprint density at radius 1 is 1.44 bits per heavy atom. The van der Waals surface area contributed by atoms with Gasteiger partial charge in [0.25, 0.3) is 0 Å². The summed E-state index contributed by atoms with van der Waals surface area (Å²) in [5.74, 6) is 0. The molecular weight excluding hydrogens is 246 g/mol. The van der Waals surface area contributed by atoms with Gasteiger partial charge >= 0.3 is 0 Å². The van der Waals surface area contributed by atoms with Crippen LogP contribution in [-0.4, -0.2) is 15.2 Å². The third-order valence-corrected chi connectivity index (χ3v) is 3.72. The molecule has 0 aliphatic rings. The fourth-order valence-corrected chi connectivity index (χ4v) is 2.77. The van der Waals surface area contributed by atoms with E-state index in [9.17, 15) is 0 Å². The molecule has 18 heavy (non-hydrogen) atoms. The fraction of sp³-hybridized carbons (Fsp3) is 0.167. The highest BCUT2D eigenvalue weighted by atomic mass is 32.1. The van der Waals surface area contributed by atoms with Crippen LogP contribution in [0.25, 0.3) is 10.2 Å². The number of rotatable bonds is 3. The first kappa shape index (κ1) is 11.0. The Bertz CT molecular complexity index is 658. The van der Waals surface area contributed by atoms with Crippen LogP contribution in [0.5, 0.6) is 0 Å². The van der Waals surface area contributed by atoms with Gasteiger partial charge in [-0.25, -0.2) is 4.98 Å². The van der Waals surface area contributed by atoms with Gasteiger partial charge in [-0.3, -0.25) is 5.10 Å². The maximum atomic E-state index is 5.76. The Labute approximate surface area is 108 Å². The molecule has 0 radical (unpaired) electrons. The summed E-state index contributed by atoms with van der Waals surface area (Å²) in [4.78, 5) is 4.52. The summed E-state index contributed by atoms with van der Waals surface area (Å²) < 4.78 is 1.09. The van der Waals surface area contributed by atoms with Crippen LogP contribution in [0.4, 0.5) is 10.8 Å². The molecular formula is C12H13N5S. The number of hydrogen-bond donors (Lipinski definition) is 3. The van der Waals surface area contributed by atoms with E-state index in [0.717, 1.165) is 26.6 Å². The third-order valence-electron chi connectivity index (χ3n) is 2.77. The van der Waals surface area contributed by atoms with E-state index in [1.807, 2.05) is 30.6 Å². The number of fused-ring (bicyclic) bond motifs is 1. The molecule has 1 atom stereocenters. The van der Waals surface area contributed by atoms with E-state index < -0.39 is 0 Å². The highest BCUT2D eigenvalue weighted by Crippen LogP contribution is 2.29. The van der Waals surface area contributed by atoms with E-state index in [2.05, 4.69) is 27.4 Å². The molecule has 4 N–H and O–H groups in total. The molecule has 0 bridgehead atoms. The SMILES string of the molecule is CC(Nc1nc2ccc(N)cc2s1)c1cn[nH]c1. The molecule has 2 aromatic heterocycles. The minimum Gasteiger partial charge on any atom is -0.399 e. The number of H-pyrrole nitrogens is 1. The van der Waals surface area contributed by atoms with E-state index in [0.29, 0.717) is 0 Å². The minimum absolute atomic E-state index is 0.168. The zero-order valence-electron chi connectivity index (χ0n) is 9.84. The lowest BCUT2D eigenvalue weighted by Gasteiger charge is -2.09. The topological polar surface area (TPSA) is 79.6 Å². The van der Waals surface area contributed by atoms with Gasteiger partial charge in [0.2, 0.25) is 0 Å². The van der Waals surface area contributed by atoms with Gasteiger partial charge in [0, 0.05) is 17.4 Å². The second kappa shape index (κ2) is 4.30.